The first-order valence-electron chi connectivity index (χ1n) is 8.07. The molecule has 4 unspecified atom stereocenters. The maximum Gasteiger partial charge on any atom is 0.257 e. The first kappa shape index (κ1) is 14.3. The van der Waals surface area contributed by atoms with E-state index in [0.717, 1.165) is 23.1 Å². The Morgan fingerprint density at radius 2 is 1.82 bits per heavy atom. The highest BCUT2D eigenvalue weighted by atomic mass is 32.2. The first-order chi connectivity index (χ1) is 10.5. The van der Waals surface area contributed by atoms with Crippen LogP contribution in [0.15, 0.2) is 40.9 Å². The van der Waals surface area contributed by atoms with Gasteiger partial charge in [-0.2, -0.15) is 0 Å². The normalized spacial score (nSPS) is 32.9. The Kier molecular flexibility index (Phi) is 3.31. The molecule has 2 N–H and O–H groups in total. The number of fused-ring (bicyclic) bond motifs is 2. The summed E-state index contributed by atoms with van der Waals surface area (Å²) >= 11 is 0. The van der Waals surface area contributed by atoms with Crippen molar-refractivity contribution in [2.45, 2.75) is 37.5 Å². The van der Waals surface area contributed by atoms with Crippen molar-refractivity contribution in [2.75, 3.05) is 0 Å². The van der Waals surface area contributed by atoms with Crippen LogP contribution in [0.2, 0.25) is 0 Å². The van der Waals surface area contributed by atoms with Crippen molar-refractivity contribution in [1.29, 1.82) is 0 Å². The number of sulfonamides is 1. The number of hydrogen-bond acceptors (Lipinski definition) is 3. The standard InChI is InChI=1S/C17H22N2O2S/c1-11-2-4-15(5-3-11)22(20,21)19-18-17-10-13-6-12-7-14(8-13)16(17)9-12/h2-5,10,12-14,16,18-19H,6-9H2,1H3. The zero-order valence-electron chi connectivity index (χ0n) is 12.7. The molecule has 22 heavy (non-hydrogen) atoms. The van der Waals surface area contributed by atoms with E-state index < -0.39 is 10.0 Å². The highest BCUT2D eigenvalue weighted by molar-refractivity contribution is 7.89. The first-order valence-corrected chi connectivity index (χ1v) is 9.56. The van der Waals surface area contributed by atoms with Crippen molar-refractivity contribution < 1.29 is 8.42 Å². The lowest BCUT2D eigenvalue weighted by molar-refractivity contribution is 0.264. The van der Waals surface area contributed by atoms with Crippen LogP contribution in [-0.4, -0.2) is 8.42 Å². The summed E-state index contributed by atoms with van der Waals surface area (Å²) in [7, 11) is -3.51. The highest BCUT2D eigenvalue weighted by Gasteiger charge is 2.45. The van der Waals surface area contributed by atoms with Gasteiger partial charge in [0, 0.05) is 11.6 Å². The van der Waals surface area contributed by atoms with E-state index >= 15 is 0 Å². The topological polar surface area (TPSA) is 58.2 Å². The predicted molar refractivity (Wildman–Crippen MR) is 85.1 cm³/mol. The molecular weight excluding hydrogens is 296 g/mol. The Bertz CT molecular complexity index is 707. The van der Waals surface area contributed by atoms with Crippen LogP contribution in [0.4, 0.5) is 0 Å². The molecule has 4 nitrogen and oxygen atoms in total. The van der Waals surface area contributed by atoms with Crippen LogP contribution in [-0.2, 0) is 10.0 Å². The van der Waals surface area contributed by atoms with Gasteiger partial charge in [-0.25, -0.2) is 8.42 Å². The van der Waals surface area contributed by atoms with Gasteiger partial charge in [0.15, 0.2) is 0 Å². The summed E-state index contributed by atoms with van der Waals surface area (Å²) in [5.74, 6) is 2.75. The number of allylic oxidation sites excluding steroid dienone is 2. The Hall–Kier alpha value is -1.33. The lowest BCUT2D eigenvalue weighted by Crippen LogP contribution is -2.40. The third-order valence-corrected chi connectivity index (χ3v) is 6.77. The summed E-state index contributed by atoms with van der Waals surface area (Å²) in [6.45, 7) is 1.95. The number of rotatable bonds is 4. The molecule has 2 saturated carbocycles. The van der Waals surface area contributed by atoms with E-state index in [1.807, 2.05) is 19.1 Å². The van der Waals surface area contributed by atoms with Gasteiger partial charge in [-0.3, -0.25) is 0 Å². The van der Waals surface area contributed by atoms with Gasteiger partial charge in [0.1, 0.15) is 0 Å². The number of benzene rings is 1. The van der Waals surface area contributed by atoms with Crippen molar-refractivity contribution in [2.24, 2.45) is 23.7 Å². The van der Waals surface area contributed by atoms with Crippen LogP contribution in [0.1, 0.15) is 31.2 Å². The van der Waals surface area contributed by atoms with Gasteiger partial charge in [-0.15, -0.1) is 4.83 Å². The van der Waals surface area contributed by atoms with Crippen molar-refractivity contribution in [3.05, 3.63) is 41.6 Å². The summed E-state index contributed by atoms with van der Waals surface area (Å²) in [5.41, 5.74) is 5.17. The second kappa shape index (κ2) is 5.10. The molecule has 5 heteroatoms. The maximum atomic E-state index is 12.4. The number of hydrazine groups is 1. The molecule has 0 heterocycles. The van der Waals surface area contributed by atoms with Crippen molar-refractivity contribution in [3.63, 3.8) is 0 Å². The SMILES string of the molecule is Cc1ccc(S(=O)(=O)NNC2=CC3CC4CC(C3)C2C4)cc1. The van der Waals surface area contributed by atoms with Crippen molar-refractivity contribution in [3.8, 4) is 0 Å². The summed E-state index contributed by atoms with van der Waals surface area (Å²) < 4.78 is 24.7. The fourth-order valence-corrected chi connectivity index (χ4v) is 5.40. The van der Waals surface area contributed by atoms with E-state index in [1.54, 1.807) is 12.1 Å². The molecule has 0 spiro atoms. The van der Waals surface area contributed by atoms with E-state index in [9.17, 15) is 8.42 Å². The molecule has 1 aromatic carbocycles. The van der Waals surface area contributed by atoms with Gasteiger partial charge in [-0.05, 0) is 62.5 Å². The number of hydrogen-bond donors (Lipinski definition) is 2. The summed E-state index contributed by atoms with van der Waals surface area (Å²) in [6, 6.07) is 6.92. The molecule has 0 aliphatic heterocycles. The highest BCUT2D eigenvalue weighted by Crippen LogP contribution is 2.54. The average Bonchev–Trinajstić information content (AvgIpc) is 2.70. The molecule has 1 aromatic rings. The fourth-order valence-electron chi connectivity index (χ4n) is 4.54. The predicted octanol–water partition coefficient (Wildman–Crippen LogP) is 2.73. The molecule has 0 amide bonds. The van der Waals surface area contributed by atoms with Crippen molar-refractivity contribution >= 4 is 10.0 Å². The Labute approximate surface area is 132 Å². The van der Waals surface area contributed by atoms with E-state index in [4.69, 9.17) is 0 Å². The smallest absolute Gasteiger partial charge is 0.257 e. The van der Waals surface area contributed by atoms with Crippen LogP contribution < -0.4 is 10.3 Å². The largest absolute Gasteiger partial charge is 0.312 e. The lowest BCUT2D eigenvalue weighted by Gasteiger charge is -2.33. The van der Waals surface area contributed by atoms with E-state index in [1.165, 1.54) is 25.7 Å². The van der Waals surface area contributed by atoms with Crippen molar-refractivity contribution in [1.82, 2.24) is 10.3 Å². The van der Waals surface area contributed by atoms with Gasteiger partial charge in [-0.1, -0.05) is 23.8 Å². The molecular formula is C17H22N2O2S. The van der Waals surface area contributed by atoms with Crippen LogP contribution in [0.3, 0.4) is 0 Å². The zero-order chi connectivity index (χ0) is 15.3. The minimum Gasteiger partial charge on any atom is -0.312 e. The molecule has 4 atom stereocenters. The minimum atomic E-state index is -3.51. The Morgan fingerprint density at radius 3 is 2.59 bits per heavy atom. The van der Waals surface area contributed by atoms with Gasteiger partial charge >= 0.3 is 0 Å². The third kappa shape index (κ3) is 2.46. The number of aryl methyl sites for hydroxylation is 1. The fraction of sp³-hybridized carbons (Fsp3) is 0.529. The molecule has 4 rings (SSSR count). The van der Waals surface area contributed by atoms with Crippen LogP contribution in [0, 0.1) is 30.6 Å². The van der Waals surface area contributed by atoms with E-state index in [-0.39, 0.29) is 0 Å². The Morgan fingerprint density at radius 1 is 1.05 bits per heavy atom. The molecule has 3 aliphatic rings. The summed E-state index contributed by atoms with van der Waals surface area (Å²) in [6.07, 6.45) is 7.37. The lowest BCUT2D eigenvalue weighted by atomic mass is 9.75. The second-order valence-electron chi connectivity index (χ2n) is 7.10. The molecule has 2 fully saturated rings. The summed E-state index contributed by atoms with van der Waals surface area (Å²) in [4.78, 5) is 2.87. The average molecular weight is 318 g/mol. The van der Waals surface area contributed by atoms with Crippen LogP contribution in [0.25, 0.3) is 0 Å². The molecule has 3 bridgehead atoms. The van der Waals surface area contributed by atoms with Gasteiger partial charge in [0.05, 0.1) is 4.90 Å². The van der Waals surface area contributed by atoms with Gasteiger partial charge in [0.2, 0.25) is 0 Å². The molecule has 0 aromatic heterocycles. The molecule has 0 saturated heterocycles. The van der Waals surface area contributed by atoms with E-state index in [0.29, 0.717) is 16.7 Å². The molecule has 0 radical (unpaired) electrons. The second-order valence-corrected chi connectivity index (χ2v) is 8.78. The quantitative estimate of drug-likeness (QED) is 0.839. The number of nitrogens with one attached hydrogen (secondary N) is 2. The maximum absolute atomic E-state index is 12.4. The molecule has 118 valence electrons. The van der Waals surface area contributed by atoms with E-state index in [2.05, 4.69) is 16.3 Å². The minimum absolute atomic E-state index is 0.300. The Balaban J connectivity index is 1.49. The van der Waals surface area contributed by atoms with Gasteiger partial charge in [0.25, 0.3) is 10.0 Å². The van der Waals surface area contributed by atoms with Crippen LogP contribution >= 0.6 is 0 Å². The van der Waals surface area contributed by atoms with Gasteiger partial charge < -0.3 is 5.43 Å². The third-order valence-electron chi connectivity index (χ3n) is 5.51. The molecule has 3 aliphatic carbocycles. The zero-order valence-corrected chi connectivity index (χ0v) is 13.6. The van der Waals surface area contributed by atoms with Crippen LogP contribution in [0.5, 0.6) is 0 Å². The monoisotopic (exact) mass is 318 g/mol. The summed E-state index contributed by atoms with van der Waals surface area (Å²) in [5, 5.41) is 0.